The van der Waals surface area contributed by atoms with Crippen molar-refractivity contribution >= 4 is 5.91 Å². The average Bonchev–Trinajstić information content (AvgIpc) is 2.42. The van der Waals surface area contributed by atoms with Crippen molar-refractivity contribution in [1.29, 1.82) is 5.26 Å². The van der Waals surface area contributed by atoms with Gasteiger partial charge in [0.05, 0.1) is 11.6 Å². The Morgan fingerprint density at radius 3 is 2.58 bits per heavy atom. The molecule has 0 aliphatic carbocycles. The van der Waals surface area contributed by atoms with Gasteiger partial charge in [0.2, 0.25) is 0 Å². The fraction of sp³-hybridized carbons (Fsp3) is 0.467. The molecule has 1 aromatic carbocycles. The SMILES string of the molecule is CCCN(CCN(C)C)C(=O)c1cccc(C#N)c1. The van der Waals surface area contributed by atoms with Crippen LogP contribution in [0.5, 0.6) is 0 Å². The van der Waals surface area contributed by atoms with Crippen LogP contribution < -0.4 is 0 Å². The second-order valence-electron chi connectivity index (χ2n) is 4.79. The lowest BCUT2D eigenvalue weighted by Gasteiger charge is -2.24. The molecule has 1 amide bonds. The number of benzene rings is 1. The van der Waals surface area contributed by atoms with Crippen LogP contribution in [0, 0.1) is 11.3 Å². The Kier molecular flexibility index (Phi) is 6.04. The van der Waals surface area contributed by atoms with Gasteiger partial charge < -0.3 is 9.80 Å². The molecular weight excluding hydrogens is 238 g/mol. The molecule has 4 heteroatoms. The predicted octanol–water partition coefficient (Wildman–Crippen LogP) is 1.97. The van der Waals surface area contributed by atoms with E-state index < -0.39 is 0 Å². The van der Waals surface area contributed by atoms with Crippen LogP contribution in [0.25, 0.3) is 0 Å². The Hall–Kier alpha value is -1.86. The van der Waals surface area contributed by atoms with Crippen LogP contribution in [0.4, 0.5) is 0 Å². The Morgan fingerprint density at radius 1 is 1.26 bits per heavy atom. The van der Waals surface area contributed by atoms with Crippen molar-refractivity contribution in [1.82, 2.24) is 9.80 Å². The number of rotatable bonds is 6. The summed E-state index contributed by atoms with van der Waals surface area (Å²) in [4.78, 5) is 16.3. The van der Waals surface area contributed by atoms with E-state index in [1.165, 1.54) is 0 Å². The van der Waals surface area contributed by atoms with Gasteiger partial charge >= 0.3 is 0 Å². The molecule has 0 N–H and O–H groups in total. The molecule has 0 radical (unpaired) electrons. The van der Waals surface area contributed by atoms with Crippen LogP contribution in [0.3, 0.4) is 0 Å². The largest absolute Gasteiger partial charge is 0.337 e. The summed E-state index contributed by atoms with van der Waals surface area (Å²) in [6, 6.07) is 8.94. The van der Waals surface area contributed by atoms with Crippen molar-refractivity contribution < 1.29 is 4.79 Å². The van der Waals surface area contributed by atoms with E-state index in [0.717, 1.165) is 19.5 Å². The normalized spacial score (nSPS) is 10.3. The molecule has 0 fully saturated rings. The Balaban J connectivity index is 2.83. The molecule has 19 heavy (non-hydrogen) atoms. The standard InChI is InChI=1S/C15H21N3O/c1-4-8-18(10-9-17(2)3)15(19)14-7-5-6-13(11-14)12-16/h5-7,11H,4,8-10H2,1-3H3. The van der Waals surface area contributed by atoms with Crippen LogP contribution in [0.15, 0.2) is 24.3 Å². The molecule has 1 rings (SSSR count). The van der Waals surface area contributed by atoms with Crippen molar-refractivity contribution in [3.05, 3.63) is 35.4 Å². The van der Waals surface area contributed by atoms with Gasteiger partial charge in [0.15, 0.2) is 0 Å². The smallest absolute Gasteiger partial charge is 0.253 e. The van der Waals surface area contributed by atoms with Crippen molar-refractivity contribution in [3.8, 4) is 6.07 Å². The zero-order chi connectivity index (χ0) is 14.3. The minimum Gasteiger partial charge on any atom is -0.337 e. The van der Waals surface area contributed by atoms with Crippen molar-refractivity contribution in [2.45, 2.75) is 13.3 Å². The minimum atomic E-state index is 0.000741. The highest BCUT2D eigenvalue weighted by Crippen LogP contribution is 2.08. The van der Waals surface area contributed by atoms with E-state index in [1.54, 1.807) is 24.3 Å². The van der Waals surface area contributed by atoms with Gasteiger partial charge in [0.25, 0.3) is 5.91 Å². The van der Waals surface area contributed by atoms with E-state index in [-0.39, 0.29) is 5.91 Å². The highest BCUT2D eigenvalue weighted by Gasteiger charge is 2.15. The molecule has 0 saturated carbocycles. The third-order valence-corrected chi connectivity index (χ3v) is 2.84. The molecule has 0 aromatic heterocycles. The Bertz CT molecular complexity index is 463. The maximum atomic E-state index is 12.4. The lowest BCUT2D eigenvalue weighted by molar-refractivity contribution is 0.0745. The summed E-state index contributed by atoms with van der Waals surface area (Å²) in [5.41, 5.74) is 1.11. The first-order valence-corrected chi connectivity index (χ1v) is 6.52. The zero-order valence-electron chi connectivity index (χ0n) is 11.9. The molecule has 1 aromatic rings. The number of hydrogen-bond donors (Lipinski definition) is 0. The number of carbonyl (C=O) groups is 1. The number of carbonyl (C=O) groups excluding carboxylic acids is 1. The van der Waals surface area contributed by atoms with E-state index in [2.05, 4.69) is 17.9 Å². The first-order valence-electron chi connectivity index (χ1n) is 6.52. The van der Waals surface area contributed by atoms with Crippen LogP contribution in [0.2, 0.25) is 0 Å². The van der Waals surface area contributed by atoms with Gasteiger partial charge in [-0.15, -0.1) is 0 Å². The number of nitrogens with zero attached hydrogens (tertiary/aromatic N) is 3. The Morgan fingerprint density at radius 2 is 2.00 bits per heavy atom. The molecule has 0 unspecified atom stereocenters. The van der Waals surface area contributed by atoms with Crippen LogP contribution in [-0.4, -0.2) is 49.4 Å². The highest BCUT2D eigenvalue weighted by molar-refractivity contribution is 5.94. The van der Waals surface area contributed by atoms with Gasteiger partial charge in [-0.05, 0) is 38.7 Å². The summed E-state index contributed by atoms with van der Waals surface area (Å²) in [7, 11) is 3.98. The maximum Gasteiger partial charge on any atom is 0.253 e. The predicted molar refractivity (Wildman–Crippen MR) is 75.9 cm³/mol. The molecule has 0 aliphatic heterocycles. The Labute approximate surface area is 115 Å². The van der Waals surface area contributed by atoms with E-state index in [1.807, 2.05) is 19.0 Å². The number of nitriles is 1. The first-order chi connectivity index (χ1) is 9.08. The molecular formula is C15H21N3O. The van der Waals surface area contributed by atoms with Crippen molar-refractivity contribution in [3.63, 3.8) is 0 Å². The molecule has 102 valence electrons. The zero-order valence-corrected chi connectivity index (χ0v) is 11.9. The monoisotopic (exact) mass is 259 g/mol. The number of likely N-dealkylation sites (N-methyl/N-ethyl adjacent to an activating group) is 1. The molecule has 0 atom stereocenters. The van der Waals surface area contributed by atoms with E-state index in [4.69, 9.17) is 5.26 Å². The highest BCUT2D eigenvalue weighted by atomic mass is 16.2. The van der Waals surface area contributed by atoms with Gasteiger partial charge in [0, 0.05) is 25.2 Å². The average molecular weight is 259 g/mol. The molecule has 4 nitrogen and oxygen atoms in total. The minimum absolute atomic E-state index is 0.000741. The van der Waals surface area contributed by atoms with Crippen LogP contribution in [-0.2, 0) is 0 Å². The molecule has 0 spiro atoms. The quantitative estimate of drug-likeness (QED) is 0.784. The molecule has 0 aliphatic rings. The van der Waals surface area contributed by atoms with Crippen LogP contribution in [0.1, 0.15) is 29.3 Å². The summed E-state index contributed by atoms with van der Waals surface area (Å²) >= 11 is 0. The topological polar surface area (TPSA) is 47.3 Å². The lowest BCUT2D eigenvalue weighted by Crippen LogP contribution is -2.37. The van der Waals surface area contributed by atoms with Gasteiger partial charge in [-0.2, -0.15) is 5.26 Å². The molecule has 0 heterocycles. The summed E-state index contributed by atoms with van der Waals surface area (Å²) in [5.74, 6) is 0.000741. The van der Waals surface area contributed by atoms with E-state index >= 15 is 0 Å². The second-order valence-corrected chi connectivity index (χ2v) is 4.79. The van der Waals surface area contributed by atoms with E-state index in [9.17, 15) is 4.79 Å². The summed E-state index contributed by atoms with van der Waals surface area (Å²) in [6.45, 7) is 4.34. The van der Waals surface area contributed by atoms with Gasteiger partial charge in [-0.3, -0.25) is 4.79 Å². The second kappa shape index (κ2) is 7.55. The van der Waals surface area contributed by atoms with E-state index in [0.29, 0.717) is 17.7 Å². The fourth-order valence-corrected chi connectivity index (χ4v) is 1.81. The maximum absolute atomic E-state index is 12.4. The number of amides is 1. The van der Waals surface area contributed by atoms with Gasteiger partial charge in [0.1, 0.15) is 0 Å². The van der Waals surface area contributed by atoms with Gasteiger partial charge in [-0.25, -0.2) is 0 Å². The molecule has 0 bridgehead atoms. The van der Waals surface area contributed by atoms with Crippen LogP contribution >= 0.6 is 0 Å². The van der Waals surface area contributed by atoms with Crippen molar-refractivity contribution in [2.75, 3.05) is 33.7 Å². The number of hydrogen-bond acceptors (Lipinski definition) is 3. The molecule has 0 saturated heterocycles. The summed E-state index contributed by atoms with van der Waals surface area (Å²) < 4.78 is 0. The lowest BCUT2D eigenvalue weighted by atomic mass is 10.1. The first kappa shape index (κ1) is 15.2. The summed E-state index contributed by atoms with van der Waals surface area (Å²) in [5, 5.41) is 8.88. The van der Waals surface area contributed by atoms with Crippen molar-refractivity contribution in [2.24, 2.45) is 0 Å². The third-order valence-electron chi connectivity index (χ3n) is 2.84. The fourth-order valence-electron chi connectivity index (χ4n) is 1.81. The third kappa shape index (κ3) is 4.72. The summed E-state index contributed by atoms with van der Waals surface area (Å²) in [6.07, 6.45) is 0.928. The van der Waals surface area contributed by atoms with Gasteiger partial charge in [-0.1, -0.05) is 13.0 Å².